The molecule has 106 valence electrons. The molecule has 0 bridgehead atoms. The van der Waals surface area contributed by atoms with Gasteiger partial charge in [-0.15, -0.1) is 0 Å². The molecule has 3 heteroatoms. The number of carbonyl (C=O) groups is 1. The van der Waals surface area contributed by atoms with Crippen LogP contribution in [0, 0.1) is 5.92 Å². The first-order chi connectivity index (χ1) is 8.56. The van der Waals surface area contributed by atoms with Crippen LogP contribution in [0.1, 0.15) is 65.7 Å². The Hall–Kier alpha value is -0.570. The molecule has 0 saturated carbocycles. The van der Waals surface area contributed by atoms with Crippen molar-refractivity contribution in [1.29, 1.82) is 0 Å². The fourth-order valence-electron chi connectivity index (χ4n) is 3.09. The van der Waals surface area contributed by atoms with Gasteiger partial charge in [-0.2, -0.15) is 0 Å². The molecule has 0 aromatic rings. The standard InChI is InChI=1S/C15H29NO2/c1-4-13(3)12-15(5-2,14(17)18)16-10-8-6-7-9-11-16/h13H,4-12H2,1-3H3,(H,17,18). The number of hydrogen-bond donors (Lipinski definition) is 1. The van der Waals surface area contributed by atoms with Gasteiger partial charge in [0.2, 0.25) is 0 Å². The number of nitrogens with zero attached hydrogens (tertiary/aromatic N) is 1. The van der Waals surface area contributed by atoms with Crippen LogP contribution in [0.2, 0.25) is 0 Å². The lowest BCUT2D eigenvalue weighted by Crippen LogP contribution is -2.55. The summed E-state index contributed by atoms with van der Waals surface area (Å²) in [5, 5.41) is 9.77. The minimum absolute atomic E-state index is 0.476. The molecule has 1 heterocycles. The largest absolute Gasteiger partial charge is 0.480 e. The van der Waals surface area contributed by atoms with Gasteiger partial charge in [0.1, 0.15) is 5.54 Å². The van der Waals surface area contributed by atoms with Gasteiger partial charge in [-0.05, 0) is 44.7 Å². The van der Waals surface area contributed by atoms with Crippen molar-refractivity contribution >= 4 is 5.97 Å². The summed E-state index contributed by atoms with van der Waals surface area (Å²) in [4.78, 5) is 14.1. The molecule has 0 aromatic carbocycles. The second-order valence-electron chi connectivity index (χ2n) is 5.81. The fourth-order valence-corrected chi connectivity index (χ4v) is 3.09. The topological polar surface area (TPSA) is 40.5 Å². The summed E-state index contributed by atoms with van der Waals surface area (Å²) in [6, 6.07) is 0. The highest BCUT2D eigenvalue weighted by Gasteiger charge is 2.43. The van der Waals surface area contributed by atoms with Crippen LogP contribution in [0.15, 0.2) is 0 Å². The number of hydrogen-bond acceptors (Lipinski definition) is 2. The lowest BCUT2D eigenvalue weighted by atomic mass is 9.83. The normalized spacial score (nSPS) is 23.1. The Morgan fingerprint density at radius 2 is 1.78 bits per heavy atom. The molecule has 1 saturated heterocycles. The molecule has 18 heavy (non-hydrogen) atoms. The maximum atomic E-state index is 11.9. The molecule has 0 aromatic heterocycles. The Morgan fingerprint density at radius 3 is 2.17 bits per heavy atom. The molecule has 2 unspecified atom stereocenters. The van der Waals surface area contributed by atoms with E-state index in [9.17, 15) is 9.90 Å². The summed E-state index contributed by atoms with van der Waals surface area (Å²) in [5.41, 5.74) is -0.625. The lowest BCUT2D eigenvalue weighted by Gasteiger charge is -2.41. The van der Waals surface area contributed by atoms with Gasteiger partial charge in [-0.3, -0.25) is 9.69 Å². The third-order valence-electron chi connectivity index (χ3n) is 4.58. The molecule has 0 amide bonds. The molecule has 1 N–H and O–H groups in total. The number of likely N-dealkylation sites (tertiary alicyclic amines) is 1. The van der Waals surface area contributed by atoms with Crippen molar-refractivity contribution in [2.24, 2.45) is 5.92 Å². The Morgan fingerprint density at radius 1 is 1.22 bits per heavy atom. The average Bonchev–Trinajstić information content (AvgIpc) is 2.64. The van der Waals surface area contributed by atoms with Crippen LogP contribution in [-0.4, -0.2) is 34.6 Å². The van der Waals surface area contributed by atoms with Gasteiger partial charge in [0.25, 0.3) is 0 Å². The molecule has 1 rings (SSSR count). The van der Waals surface area contributed by atoms with Gasteiger partial charge in [-0.1, -0.05) is 40.0 Å². The van der Waals surface area contributed by atoms with Crippen molar-refractivity contribution in [2.45, 2.75) is 71.3 Å². The molecule has 0 radical (unpaired) electrons. The summed E-state index contributed by atoms with van der Waals surface area (Å²) in [5.74, 6) is -0.142. The smallest absolute Gasteiger partial charge is 0.324 e. The zero-order valence-electron chi connectivity index (χ0n) is 12.2. The second kappa shape index (κ2) is 7.13. The van der Waals surface area contributed by atoms with Crippen LogP contribution in [-0.2, 0) is 4.79 Å². The molecular weight excluding hydrogens is 226 g/mol. The highest BCUT2D eigenvalue weighted by molar-refractivity contribution is 5.78. The SMILES string of the molecule is CCC(C)CC(CC)(C(=O)O)N1CCCCCC1. The third-order valence-corrected chi connectivity index (χ3v) is 4.58. The summed E-state index contributed by atoms with van der Waals surface area (Å²) >= 11 is 0. The molecule has 3 nitrogen and oxygen atoms in total. The summed E-state index contributed by atoms with van der Waals surface area (Å²) in [7, 11) is 0. The van der Waals surface area contributed by atoms with Crippen LogP contribution >= 0.6 is 0 Å². The number of aliphatic carboxylic acids is 1. The van der Waals surface area contributed by atoms with Crippen LogP contribution in [0.4, 0.5) is 0 Å². The Bertz CT molecular complexity index is 259. The maximum absolute atomic E-state index is 11.9. The minimum atomic E-state index is -0.625. The Labute approximate surface area is 112 Å². The van der Waals surface area contributed by atoms with Gasteiger partial charge in [-0.25, -0.2) is 0 Å². The monoisotopic (exact) mass is 255 g/mol. The summed E-state index contributed by atoms with van der Waals surface area (Å²) in [6.45, 7) is 8.26. The highest BCUT2D eigenvalue weighted by atomic mass is 16.4. The first-order valence-electron chi connectivity index (χ1n) is 7.55. The first kappa shape index (κ1) is 15.5. The van der Waals surface area contributed by atoms with E-state index in [1.807, 2.05) is 6.92 Å². The molecule has 0 aliphatic carbocycles. The van der Waals surface area contributed by atoms with Crippen molar-refractivity contribution in [3.8, 4) is 0 Å². The van der Waals surface area contributed by atoms with Crippen molar-refractivity contribution < 1.29 is 9.90 Å². The van der Waals surface area contributed by atoms with Gasteiger partial charge in [0.05, 0.1) is 0 Å². The van der Waals surface area contributed by atoms with Crippen molar-refractivity contribution in [2.75, 3.05) is 13.1 Å². The van der Waals surface area contributed by atoms with E-state index >= 15 is 0 Å². The molecule has 1 fully saturated rings. The maximum Gasteiger partial charge on any atom is 0.324 e. The Kier molecular flexibility index (Phi) is 6.13. The van der Waals surface area contributed by atoms with E-state index in [2.05, 4.69) is 18.7 Å². The minimum Gasteiger partial charge on any atom is -0.480 e. The van der Waals surface area contributed by atoms with E-state index < -0.39 is 11.5 Å². The lowest BCUT2D eigenvalue weighted by molar-refractivity contribution is -0.153. The second-order valence-corrected chi connectivity index (χ2v) is 5.81. The van der Waals surface area contributed by atoms with Gasteiger partial charge < -0.3 is 5.11 Å². The van der Waals surface area contributed by atoms with E-state index in [0.29, 0.717) is 12.3 Å². The number of carboxylic acid groups (broad SMARTS) is 1. The number of rotatable bonds is 6. The van der Waals surface area contributed by atoms with Crippen molar-refractivity contribution in [3.63, 3.8) is 0 Å². The molecular formula is C15H29NO2. The highest BCUT2D eigenvalue weighted by Crippen LogP contribution is 2.31. The van der Waals surface area contributed by atoms with Crippen LogP contribution < -0.4 is 0 Å². The van der Waals surface area contributed by atoms with Gasteiger partial charge in [0.15, 0.2) is 0 Å². The van der Waals surface area contributed by atoms with Crippen LogP contribution in [0.5, 0.6) is 0 Å². The zero-order valence-corrected chi connectivity index (χ0v) is 12.2. The zero-order chi connectivity index (χ0) is 13.6. The predicted molar refractivity (Wildman–Crippen MR) is 74.8 cm³/mol. The molecule has 1 aliphatic heterocycles. The van der Waals surface area contributed by atoms with E-state index in [1.165, 1.54) is 12.8 Å². The molecule has 2 atom stereocenters. The predicted octanol–water partition coefficient (Wildman–Crippen LogP) is 3.53. The van der Waals surface area contributed by atoms with E-state index in [0.717, 1.165) is 38.8 Å². The summed E-state index contributed by atoms with van der Waals surface area (Å²) in [6.07, 6.45) is 7.36. The fraction of sp³-hybridized carbons (Fsp3) is 0.933. The molecule has 0 spiro atoms. The van der Waals surface area contributed by atoms with Crippen molar-refractivity contribution in [3.05, 3.63) is 0 Å². The first-order valence-corrected chi connectivity index (χ1v) is 7.55. The molecule has 1 aliphatic rings. The Balaban J connectivity index is 2.89. The van der Waals surface area contributed by atoms with Crippen molar-refractivity contribution in [1.82, 2.24) is 4.90 Å². The average molecular weight is 255 g/mol. The summed E-state index contributed by atoms with van der Waals surface area (Å²) < 4.78 is 0. The van der Waals surface area contributed by atoms with E-state index in [4.69, 9.17) is 0 Å². The third kappa shape index (κ3) is 3.47. The van der Waals surface area contributed by atoms with E-state index in [1.54, 1.807) is 0 Å². The van der Waals surface area contributed by atoms with Crippen LogP contribution in [0.3, 0.4) is 0 Å². The van der Waals surface area contributed by atoms with Gasteiger partial charge in [0, 0.05) is 0 Å². The van der Waals surface area contributed by atoms with Gasteiger partial charge >= 0.3 is 5.97 Å². The number of carboxylic acids is 1. The van der Waals surface area contributed by atoms with E-state index in [-0.39, 0.29) is 0 Å². The van der Waals surface area contributed by atoms with Crippen LogP contribution in [0.25, 0.3) is 0 Å². The quantitative estimate of drug-likeness (QED) is 0.789.